The van der Waals surface area contributed by atoms with E-state index in [4.69, 9.17) is 20.8 Å². The molecule has 0 fully saturated rings. The smallest absolute Gasteiger partial charge is 0.256 e. The van der Waals surface area contributed by atoms with Gasteiger partial charge in [-0.3, -0.25) is 0 Å². The molecular formula is C18H18ClNO3S. The van der Waals surface area contributed by atoms with Gasteiger partial charge in [-0.1, -0.05) is 47.6 Å². The number of thioether (sulfide) groups is 1. The van der Waals surface area contributed by atoms with Crippen molar-refractivity contribution >= 4 is 34.5 Å². The highest BCUT2D eigenvalue weighted by molar-refractivity contribution is 7.99. The number of halogens is 1. The van der Waals surface area contributed by atoms with E-state index in [1.807, 2.05) is 55.5 Å². The summed E-state index contributed by atoms with van der Waals surface area (Å²) in [7, 11) is 0. The molecule has 2 atom stereocenters. The third kappa shape index (κ3) is 4.51. The topological polar surface area (TPSA) is 55.5 Å². The number of rotatable bonds is 7. The van der Waals surface area contributed by atoms with E-state index in [0.29, 0.717) is 16.0 Å². The molecule has 4 nitrogen and oxygen atoms in total. The van der Waals surface area contributed by atoms with Gasteiger partial charge >= 0.3 is 0 Å². The number of para-hydroxylation sites is 2. The zero-order valence-electron chi connectivity index (χ0n) is 13.2. The number of nitrogens with zero attached hydrogens (tertiary/aromatic N) is 1. The van der Waals surface area contributed by atoms with Crippen LogP contribution in [0.5, 0.6) is 0 Å². The van der Waals surface area contributed by atoms with Gasteiger partial charge in [0.1, 0.15) is 5.52 Å². The van der Waals surface area contributed by atoms with E-state index in [1.165, 1.54) is 11.8 Å². The van der Waals surface area contributed by atoms with Crippen molar-refractivity contribution < 1.29 is 14.3 Å². The summed E-state index contributed by atoms with van der Waals surface area (Å²) in [5, 5.41) is 11.3. The molecule has 1 heterocycles. The second-order valence-electron chi connectivity index (χ2n) is 5.44. The summed E-state index contributed by atoms with van der Waals surface area (Å²) in [5.41, 5.74) is 2.60. The van der Waals surface area contributed by atoms with Crippen LogP contribution < -0.4 is 0 Å². The van der Waals surface area contributed by atoms with Crippen LogP contribution in [0.4, 0.5) is 0 Å². The molecule has 1 N–H and O–H groups in total. The minimum atomic E-state index is -0.597. The van der Waals surface area contributed by atoms with Crippen molar-refractivity contribution in [2.24, 2.45) is 0 Å². The number of aliphatic hydroxyl groups is 1. The Morgan fingerprint density at radius 2 is 1.96 bits per heavy atom. The van der Waals surface area contributed by atoms with Gasteiger partial charge in [0, 0.05) is 10.8 Å². The third-order valence-electron chi connectivity index (χ3n) is 3.55. The Bertz CT molecular complexity index is 757. The Morgan fingerprint density at radius 3 is 2.71 bits per heavy atom. The molecule has 0 spiro atoms. The van der Waals surface area contributed by atoms with Crippen LogP contribution in [0, 0.1) is 0 Å². The van der Waals surface area contributed by atoms with Crippen molar-refractivity contribution in [3.05, 3.63) is 59.1 Å². The Kier molecular flexibility index (Phi) is 5.79. The maximum Gasteiger partial charge on any atom is 0.256 e. The Hall–Kier alpha value is -1.53. The molecule has 2 aromatic carbocycles. The third-order valence-corrected chi connectivity index (χ3v) is 4.78. The van der Waals surface area contributed by atoms with Gasteiger partial charge in [0.25, 0.3) is 5.22 Å². The van der Waals surface area contributed by atoms with Gasteiger partial charge in [0.2, 0.25) is 0 Å². The van der Waals surface area contributed by atoms with Crippen molar-refractivity contribution in [2.75, 3.05) is 12.4 Å². The molecule has 0 unspecified atom stereocenters. The van der Waals surface area contributed by atoms with Crippen molar-refractivity contribution in [1.29, 1.82) is 0 Å². The van der Waals surface area contributed by atoms with Crippen LogP contribution >= 0.6 is 23.4 Å². The zero-order valence-corrected chi connectivity index (χ0v) is 14.8. The number of oxazole rings is 1. The summed E-state index contributed by atoms with van der Waals surface area (Å²) in [5.74, 6) is 0.458. The number of benzene rings is 2. The summed E-state index contributed by atoms with van der Waals surface area (Å²) in [6.45, 7) is 2.20. The molecule has 0 aliphatic rings. The van der Waals surface area contributed by atoms with Crippen molar-refractivity contribution in [3.63, 3.8) is 0 Å². The molecule has 3 aromatic rings. The predicted octanol–water partition coefficient (Wildman–Crippen LogP) is 4.71. The van der Waals surface area contributed by atoms with Gasteiger partial charge in [-0.2, -0.15) is 0 Å². The first kappa shape index (κ1) is 17.3. The first-order chi connectivity index (χ1) is 11.6. The fraction of sp³-hybridized carbons (Fsp3) is 0.278. The van der Waals surface area contributed by atoms with Gasteiger partial charge in [-0.05, 0) is 36.8 Å². The number of aromatic nitrogens is 1. The summed E-state index contributed by atoms with van der Waals surface area (Å²) in [4.78, 5) is 4.37. The highest BCUT2D eigenvalue weighted by Crippen LogP contribution is 2.24. The monoisotopic (exact) mass is 363 g/mol. The van der Waals surface area contributed by atoms with Crippen molar-refractivity contribution in [1.82, 2.24) is 4.98 Å². The lowest BCUT2D eigenvalue weighted by Crippen LogP contribution is -2.19. The average molecular weight is 364 g/mol. The minimum Gasteiger partial charge on any atom is -0.431 e. The molecule has 0 aliphatic heterocycles. The molecule has 0 saturated carbocycles. The number of fused-ring (bicyclic) bond motifs is 1. The van der Waals surface area contributed by atoms with Crippen LogP contribution in [-0.4, -0.2) is 28.6 Å². The van der Waals surface area contributed by atoms with Crippen molar-refractivity contribution in [2.45, 2.75) is 24.4 Å². The molecule has 0 aliphatic carbocycles. The van der Waals surface area contributed by atoms with E-state index < -0.39 is 6.10 Å². The van der Waals surface area contributed by atoms with Crippen LogP contribution in [0.25, 0.3) is 11.1 Å². The molecule has 3 rings (SSSR count). The molecular weight excluding hydrogens is 346 g/mol. The number of hydrogen-bond donors (Lipinski definition) is 1. The van der Waals surface area contributed by atoms with Crippen LogP contribution in [0.2, 0.25) is 5.02 Å². The summed E-state index contributed by atoms with van der Waals surface area (Å²) >= 11 is 7.25. The molecule has 0 amide bonds. The van der Waals surface area contributed by atoms with Crippen LogP contribution in [0.3, 0.4) is 0 Å². The first-order valence-corrected chi connectivity index (χ1v) is 9.01. The van der Waals surface area contributed by atoms with Gasteiger partial charge in [-0.25, -0.2) is 4.98 Å². The van der Waals surface area contributed by atoms with E-state index in [0.717, 1.165) is 16.7 Å². The summed E-state index contributed by atoms with van der Waals surface area (Å²) < 4.78 is 11.3. The lowest BCUT2D eigenvalue weighted by Gasteiger charge is -2.16. The van der Waals surface area contributed by atoms with E-state index in [1.54, 1.807) is 0 Å². The molecule has 6 heteroatoms. The van der Waals surface area contributed by atoms with Gasteiger partial charge < -0.3 is 14.3 Å². The van der Waals surface area contributed by atoms with Crippen LogP contribution in [-0.2, 0) is 4.74 Å². The molecule has 126 valence electrons. The fourth-order valence-electron chi connectivity index (χ4n) is 2.21. The molecule has 24 heavy (non-hydrogen) atoms. The second kappa shape index (κ2) is 8.03. The number of ether oxygens (including phenoxy) is 1. The lowest BCUT2D eigenvalue weighted by molar-refractivity contribution is 0.00618. The van der Waals surface area contributed by atoms with E-state index >= 15 is 0 Å². The molecule has 0 bridgehead atoms. The first-order valence-electron chi connectivity index (χ1n) is 7.65. The SMILES string of the molecule is C[C@H](OC[C@@H](O)CSc1nc2ccccc2o1)c1ccc(Cl)cc1. The zero-order chi connectivity index (χ0) is 16.9. The van der Waals surface area contributed by atoms with Gasteiger partial charge in [0.15, 0.2) is 5.58 Å². The van der Waals surface area contributed by atoms with Gasteiger partial charge in [-0.15, -0.1) is 0 Å². The standard InChI is InChI=1S/C18H18ClNO3S/c1-12(13-6-8-14(19)9-7-13)22-10-15(21)11-24-18-20-16-4-2-3-5-17(16)23-18/h2-9,12,15,21H,10-11H2,1H3/t12-,15+/m0/s1. The van der Waals surface area contributed by atoms with E-state index in [9.17, 15) is 5.11 Å². The fourth-order valence-corrected chi connectivity index (χ4v) is 3.08. The second-order valence-corrected chi connectivity index (χ2v) is 6.85. The van der Waals surface area contributed by atoms with Crippen LogP contribution in [0.15, 0.2) is 58.2 Å². The normalized spacial score (nSPS) is 14.0. The highest BCUT2D eigenvalue weighted by atomic mass is 35.5. The predicted molar refractivity (Wildman–Crippen MR) is 96.6 cm³/mol. The average Bonchev–Trinajstić information content (AvgIpc) is 3.01. The Morgan fingerprint density at radius 1 is 1.21 bits per heavy atom. The lowest BCUT2D eigenvalue weighted by atomic mass is 10.1. The van der Waals surface area contributed by atoms with Crippen LogP contribution in [0.1, 0.15) is 18.6 Å². The summed E-state index contributed by atoms with van der Waals surface area (Å²) in [6.07, 6.45) is -0.703. The minimum absolute atomic E-state index is 0.105. The van der Waals surface area contributed by atoms with E-state index in [2.05, 4.69) is 4.98 Å². The van der Waals surface area contributed by atoms with Gasteiger partial charge in [0.05, 0.1) is 18.8 Å². The maximum absolute atomic E-state index is 10.1. The summed E-state index contributed by atoms with van der Waals surface area (Å²) in [6, 6.07) is 15.1. The Balaban J connectivity index is 1.46. The molecule has 0 saturated heterocycles. The number of aliphatic hydroxyl groups excluding tert-OH is 1. The number of hydrogen-bond acceptors (Lipinski definition) is 5. The highest BCUT2D eigenvalue weighted by Gasteiger charge is 2.13. The largest absolute Gasteiger partial charge is 0.431 e. The Labute approximate surface area is 149 Å². The quantitative estimate of drug-likeness (QED) is 0.616. The van der Waals surface area contributed by atoms with E-state index in [-0.39, 0.29) is 12.7 Å². The van der Waals surface area contributed by atoms with Crippen molar-refractivity contribution in [3.8, 4) is 0 Å². The maximum atomic E-state index is 10.1. The molecule has 1 aromatic heterocycles. The molecule has 0 radical (unpaired) electrons.